The van der Waals surface area contributed by atoms with Gasteiger partial charge in [0, 0.05) is 11.3 Å². The van der Waals surface area contributed by atoms with E-state index in [0.717, 1.165) is 12.2 Å². The number of hydrogen-bond donors (Lipinski definition) is 2. The van der Waals surface area contributed by atoms with E-state index in [4.69, 9.17) is 5.84 Å². The second-order valence-electron chi connectivity index (χ2n) is 2.03. The number of halogens is 3. The topological polar surface area (TPSA) is 38.0 Å². The molecule has 0 saturated carbocycles. The van der Waals surface area contributed by atoms with E-state index >= 15 is 0 Å². The van der Waals surface area contributed by atoms with Gasteiger partial charge in [-0.15, -0.1) is 0 Å². The molecule has 0 aromatic heterocycles. The number of hydrogen-bond acceptors (Lipinski definition) is 2. The summed E-state index contributed by atoms with van der Waals surface area (Å²) in [7, 11) is 0. The molecule has 0 fully saturated rings. The normalized spacial score (nSPS) is 11.7. The van der Waals surface area contributed by atoms with Gasteiger partial charge in [-0.3, -0.25) is 5.84 Å². The number of rotatable bonds is 3. The molecule has 0 aromatic carbocycles. The molecule has 0 rings (SSSR count). The van der Waals surface area contributed by atoms with Gasteiger partial charge in [-0.25, -0.2) is 0 Å². The first-order chi connectivity index (χ1) is 5.38. The first-order valence-corrected chi connectivity index (χ1v) is 2.97. The third kappa shape index (κ3) is 3.82. The predicted octanol–water partition coefficient (Wildman–Crippen LogP) is 1.64. The first-order valence-electron chi connectivity index (χ1n) is 2.97. The van der Waals surface area contributed by atoms with Crippen molar-refractivity contribution in [3.05, 3.63) is 36.6 Å². The smallest absolute Gasteiger partial charge is 0.325 e. The molecule has 0 aliphatic rings. The fraction of sp³-hybridized carbons (Fsp3) is 0.143. The van der Waals surface area contributed by atoms with E-state index in [-0.39, 0.29) is 5.70 Å². The SMILES string of the molecule is C=C(/C=C\C(=C)C(F)(F)F)NN. The Morgan fingerprint density at radius 3 is 2.08 bits per heavy atom. The number of nitrogens with one attached hydrogen (secondary N) is 1. The molecule has 0 aliphatic heterocycles. The van der Waals surface area contributed by atoms with E-state index in [1.54, 1.807) is 0 Å². The average molecular weight is 178 g/mol. The van der Waals surface area contributed by atoms with Crippen molar-refractivity contribution < 1.29 is 13.2 Å². The molecule has 12 heavy (non-hydrogen) atoms. The number of hydrazine groups is 1. The zero-order chi connectivity index (χ0) is 9.78. The molecule has 68 valence electrons. The highest BCUT2D eigenvalue weighted by molar-refractivity contribution is 5.25. The Bertz CT molecular complexity index is 215. The Labute approximate surface area is 68.2 Å². The molecule has 5 heteroatoms. The van der Waals surface area contributed by atoms with Crippen LogP contribution in [-0.4, -0.2) is 6.18 Å². The Morgan fingerprint density at radius 1 is 1.25 bits per heavy atom. The fourth-order valence-electron chi connectivity index (χ4n) is 0.344. The maximum Gasteiger partial charge on any atom is 0.415 e. The van der Waals surface area contributed by atoms with Crippen LogP contribution in [0.15, 0.2) is 36.6 Å². The van der Waals surface area contributed by atoms with Crippen LogP contribution in [0.3, 0.4) is 0 Å². The molecule has 0 unspecified atom stereocenters. The van der Waals surface area contributed by atoms with E-state index in [0.29, 0.717) is 0 Å². The molecule has 0 spiro atoms. The zero-order valence-corrected chi connectivity index (χ0v) is 6.28. The van der Waals surface area contributed by atoms with Gasteiger partial charge in [0.1, 0.15) is 0 Å². The van der Waals surface area contributed by atoms with Crippen LogP contribution in [0.4, 0.5) is 13.2 Å². The van der Waals surface area contributed by atoms with Crippen molar-refractivity contribution in [2.24, 2.45) is 5.84 Å². The van der Waals surface area contributed by atoms with Gasteiger partial charge in [-0.05, 0) is 12.2 Å². The highest BCUT2D eigenvalue weighted by Gasteiger charge is 2.29. The molecular weight excluding hydrogens is 169 g/mol. The summed E-state index contributed by atoms with van der Waals surface area (Å²) in [6, 6.07) is 0. The van der Waals surface area contributed by atoms with Crippen LogP contribution in [0, 0.1) is 0 Å². The van der Waals surface area contributed by atoms with E-state index in [9.17, 15) is 13.2 Å². The van der Waals surface area contributed by atoms with Gasteiger partial charge in [-0.1, -0.05) is 13.2 Å². The first kappa shape index (κ1) is 10.8. The van der Waals surface area contributed by atoms with Crippen LogP contribution in [0.1, 0.15) is 0 Å². The van der Waals surface area contributed by atoms with E-state index < -0.39 is 11.7 Å². The number of allylic oxidation sites excluding steroid dienone is 3. The molecule has 0 saturated heterocycles. The van der Waals surface area contributed by atoms with Crippen molar-refractivity contribution >= 4 is 0 Å². The van der Waals surface area contributed by atoms with Crippen molar-refractivity contribution in [2.45, 2.75) is 6.18 Å². The zero-order valence-electron chi connectivity index (χ0n) is 6.28. The predicted molar refractivity (Wildman–Crippen MR) is 40.8 cm³/mol. The van der Waals surface area contributed by atoms with Crippen LogP contribution in [0.25, 0.3) is 0 Å². The standard InChI is InChI=1S/C7H9F3N2/c1-5(7(8,9)10)3-4-6(2)12-11/h3-4,12H,1-2,11H2/b4-3-. The molecule has 0 amide bonds. The maximum absolute atomic E-state index is 11.8. The van der Waals surface area contributed by atoms with Gasteiger partial charge in [0.05, 0.1) is 0 Å². The van der Waals surface area contributed by atoms with Crippen molar-refractivity contribution in [1.82, 2.24) is 5.43 Å². The summed E-state index contributed by atoms with van der Waals surface area (Å²) in [5.74, 6) is 4.86. The highest BCUT2D eigenvalue weighted by atomic mass is 19.4. The lowest BCUT2D eigenvalue weighted by molar-refractivity contribution is -0.0878. The monoisotopic (exact) mass is 178 g/mol. The van der Waals surface area contributed by atoms with Gasteiger partial charge < -0.3 is 5.43 Å². The molecular formula is C7H9F3N2. The van der Waals surface area contributed by atoms with Crippen LogP contribution in [0.5, 0.6) is 0 Å². The number of nitrogens with two attached hydrogens (primary N) is 1. The summed E-state index contributed by atoms with van der Waals surface area (Å²) in [6.07, 6.45) is -2.51. The lowest BCUT2D eigenvalue weighted by Gasteiger charge is -2.04. The van der Waals surface area contributed by atoms with Crippen molar-refractivity contribution in [2.75, 3.05) is 0 Å². The summed E-state index contributed by atoms with van der Waals surface area (Å²) in [4.78, 5) is 0. The van der Waals surface area contributed by atoms with Crippen LogP contribution >= 0.6 is 0 Å². The summed E-state index contributed by atoms with van der Waals surface area (Å²) in [5.41, 5.74) is 1.32. The molecule has 0 atom stereocenters. The summed E-state index contributed by atoms with van der Waals surface area (Å²) in [6.45, 7) is 6.11. The summed E-state index contributed by atoms with van der Waals surface area (Å²) >= 11 is 0. The lowest BCUT2D eigenvalue weighted by Crippen LogP contribution is -2.19. The van der Waals surface area contributed by atoms with Crippen LogP contribution in [-0.2, 0) is 0 Å². The van der Waals surface area contributed by atoms with Crippen LogP contribution in [0.2, 0.25) is 0 Å². The van der Waals surface area contributed by atoms with Crippen LogP contribution < -0.4 is 11.3 Å². The van der Waals surface area contributed by atoms with Gasteiger partial charge in [0.15, 0.2) is 0 Å². The quantitative estimate of drug-likeness (QED) is 0.391. The third-order valence-electron chi connectivity index (χ3n) is 1.04. The minimum Gasteiger partial charge on any atom is -0.325 e. The van der Waals surface area contributed by atoms with Gasteiger partial charge in [-0.2, -0.15) is 13.2 Å². The van der Waals surface area contributed by atoms with Crippen molar-refractivity contribution in [3.8, 4) is 0 Å². The Hall–Kier alpha value is -1.23. The molecule has 0 heterocycles. The molecule has 2 nitrogen and oxygen atoms in total. The number of alkyl halides is 3. The Morgan fingerprint density at radius 2 is 1.75 bits per heavy atom. The van der Waals surface area contributed by atoms with E-state index in [2.05, 4.69) is 18.6 Å². The highest BCUT2D eigenvalue weighted by Crippen LogP contribution is 2.24. The van der Waals surface area contributed by atoms with E-state index in [1.165, 1.54) is 0 Å². The molecule has 3 N–H and O–H groups in total. The van der Waals surface area contributed by atoms with Crippen molar-refractivity contribution in [1.29, 1.82) is 0 Å². The fourth-order valence-corrected chi connectivity index (χ4v) is 0.344. The lowest BCUT2D eigenvalue weighted by atomic mass is 10.2. The maximum atomic E-state index is 11.8. The minimum absolute atomic E-state index is 0.181. The van der Waals surface area contributed by atoms with Crippen molar-refractivity contribution in [3.63, 3.8) is 0 Å². The molecule has 0 radical (unpaired) electrons. The molecule has 0 bridgehead atoms. The van der Waals surface area contributed by atoms with E-state index in [1.807, 2.05) is 0 Å². The second-order valence-corrected chi connectivity index (χ2v) is 2.03. The summed E-state index contributed by atoms with van der Waals surface area (Å²) < 4.78 is 35.3. The molecule has 0 aromatic rings. The third-order valence-corrected chi connectivity index (χ3v) is 1.04. The van der Waals surface area contributed by atoms with Gasteiger partial charge in [0.2, 0.25) is 0 Å². The second kappa shape index (κ2) is 3.96. The minimum atomic E-state index is -4.40. The largest absolute Gasteiger partial charge is 0.415 e. The molecule has 0 aliphatic carbocycles. The average Bonchev–Trinajstić information content (AvgIpc) is 1.97. The summed E-state index contributed by atoms with van der Waals surface area (Å²) in [5, 5.41) is 0. The van der Waals surface area contributed by atoms with Gasteiger partial charge in [0.25, 0.3) is 0 Å². The Kier molecular flexibility index (Phi) is 3.56. The van der Waals surface area contributed by atoms with Gasteiger partial charge >= 0.3 is 6.18 Å². The Balaban J connectivity index is 4.19.